The number of hydrogen-bond acceptors (Lipinski definition) is 2. The van der Waals surface area contributed by atoms with Crippen molar-refractivity contribution in [2.24, 2.45) is 0 Å². The second kappa shape index (κ2) is 3.23. The summed E-state index contributed by atoms with van der Waals surface area (Å²) < 4.78 is 24.6. The minimum atomic E-state index is -3.39. The van der Waals surface area contributed by atoms with E-state index >= 15 is 0 Å². The van der Waals surface area contributed by atoms with Gasteiger partial charge >= 0.3 is 0 Å². The average molecular weight is 240 g/mol. The molecular weight excluding hydrogens is 231 g/mol. The van der Waals surface area contributed by atoms with Gasteiger partial charge in [-0.3, -0.25) is 0 Å². The van der Waals surface area contributed by atoms with Crippen LogP contribution in [0, 0.1) is 6.92 Å². The van der Waals surface area contributed by atoms with Gasteiger partial charge < -0.3 is 0 Å². The molecule has 2 aromatic carbocycles. The van der Waals surface area contributed by atoms with E-state index in [9.17, 15) is 8.42 Å². The van der Waals surface area contributed by atoms with Gasteiger partial charge in [0.2, 0.25) is 9.84 Å². The van der Waals surface area contributed by atoms with Crippen molar-refractivity contribution < 1.29 is 8.42 Å². The monoisotopic (exact) mass is 240 g/mol. The molecule has 0 amide bonds. The lowest BCUT2D eigenvalue weighted by Gasteiger charge is -1.99. The molecule has 0 unspecified atom stereocenters. The second-order valence-electron chi connectivity index (χ2n) is 4.26. The molecule has 0 spiro atoms. The number of fused-ring (bicyclic) bond motifs is 3. The Morgan fingerprint density at radius 2 is 1.53 bits per heavy atom. The molecular formula is C13H9BO2S. The number of rotatable bonds is 0. The van der Waals surface area contributed by atoms with E-state index in [-0.39, 0.29) is 0 Å². The molecule has 0 saturated carbocycles. The van der Waals surface area contributed by atoms with Gasteiger partial charge in [-0.05, 0) is 24.6 Å². The summed E-state index contributed by atoms with van der Waals surface area (Å²) in [5.41, 5.74) is 2.92. The Balaban J connectivity index is 2.46. The van der Waals surface area contributed by atoms with E-state index in [1.54, 1.807) is 18.2 Å². The van der Waals surface area contributed by atoms with E-state index in [1.807, 2.05) is 19.1 Å². The summed E-state index contributed by atoms with van der Waals surface area (Å²) in [4.78, 5) is 0.705. The summed E-state index contributed by atoms with van der Waals surface area (Å²) in [6, 6.07) is 10.5. The Kier molecular flexibility index (Phi) is 2.02. The smallest absolute Gasteiger partial charge is 0.207 e. The Labute approximate surface area is 102 Å². The quantitative estimate of drug-likeness (QED) is 0.559. The summed E-state index contributed by atoms with van der Waals surface area (Å²) in [7, 11) is 2.26. The Hall–Kier alpha value is -1.55. The van der Waals surface area contributed by atoms with Crippen LogP contribution in [0.5, 0.6) is 0 Å². The van der Waals surface area contributed by atoms with Crippen LogP contribution in [-0.4, -0.2) is 16.3 Å². The van der Waals surface area contributed by atoms with E-state index in [4.69, 9.17) is 7.85 Å². The number of hydrogen-bond donors (Lipinski definition) is 0. The highest BCUT2D eigenvalue weighted by Gasteiger charge is 2.32. The molecule has 0 saturated heterocycles. The zero-order valence-corrected chi connectivity index (χ0v) is 10.1. The van der Waals surface area contributed by atoms with E-state index < -0.39 is 9.84 Å². The fraction of sp³-hybridized carbons (Fsp3) is 0.0769. The lowest BCUT2D eigenvalue weighted by atomic mass is 9.93. The van der Waals surface area contributed by atoms with Gasteiger partial charge in [-0.25, -0.2) is 8.42 Å². The predicted octanol–water partition coefficient (Wildman–Crippen LogP) is 1.60. The lowest BCUT2D eigenvalue weighted by molar-refractivity contribution is 0.598. The molecule has 0 aromatic heterocycles. The van der Waals surface area contributed by atoms with Gasteiger partial charge in [0, 0.05) is 11.1 Å². The Morgan fingerprint density at radius 1 is 0.941 bits per heavy atom. The van der Waals surface area contributed by atoms with Crippen molar-refractivity contribution in [3.05, 3.63) is 42.0 Å². The molecule has 1 heterocycles. The van der Waals surface area contributed by atoms with Crippen LogP contribution >= 0.6 is 0 Å². The van der Waals surface area contributed by atoms with Gasteiger partial charge in [-0.15, -0.1) is 0 Å². The maximum Gasteiger partial charge on any atom is 0.207 e. The third kappa shape index (κ3) is 1.37. The summed E-state index contributed by atoms with van der Waals surface area (Å²) in [6.45, 7) is 1.88. The van der Waals surface area contributed by atoms with E-state index in [1.165, 1.54) is 6.07 Å². The maximum atomic E-state index is 12.3. The molecule has 0 bridgehead atoms. The van der Waals surface area contributed by atoms with Gasteiger partial charge in [0.15, 0.2) is 0 Å². The van der Waals surface area contributed by atoms with Crippen molar-refractivity contribution in [3.63, 3.8) is 0 Å². The van der Waals surface area contributed by atoms with Crippen molar-refractivity contribution in [2.75, 3.05) is 0 Å². The van der Waals surface area contributed by atoms with Crippen molar-refractivity contribution in [1.29, 1.82) is 0 Å². The molecule has 2 radical (unpaired) electrons. The minimum absolute atomic E-state index is 0.318. The highest BCUT2D eigenvalue weighted by Crippen LogP contribution is 2.42. The molecule has 0 fully saturated rings. The van der Waals surface area contributed by atoms with Gasteiger partial charge in [0.05, 0.1) is 9.79 Å². The number of aryl methyl sites for hydroxylation is 1. The molecule has 0 N–H and O–H groups in total. The number of sulfone groups is 1. The topological polar surface area (TPSA) is 34.1 Å². The normalized spacial score (nSPS) is 15.4. The molecule has 0 aliphatic carbocycles. The molecule has 3 rings (SSSR count). The fourth-order valence-electron chi connectivity index (χ4n) is 2.18. The first-order chi connectivity index (χ1) is 8.00. The molecule has 1 aliphatic heterocycles. The van der Waals surface area contributed by atoms with Crippen LogP contribution in [0.2, 0.25) is 0 Å². The van der Waals surface area contributed by atoms with Crippen molar-refractivity contribution >= 4 is 23.1 Å². The average Bonchev–Trinajstić information content (AvgIpc) is 2.49. The summed E-state index contributed by atoms with van der Waals surface area (Å²) in [6.07, 6.45) is 0. The lowest BCUT2D eigenvalue weighted by Crippen LogP contribution is -2.05. The highest BCUT2D eigenvalue weighted by molar-refractivity contribution is 7.92. The van der Waals surface area contributed by atoms with Gasteiger partial charge in [-0.2, -0.15) is 0 Å². The SMILES string of the molecule is [B]c1ccc2c(c1)S(=O)(=O)c1cc(C)ccc1-2. The van der Waals surface area contributed by atoms with Crippen molar-refractivity contribution in [3.8, 4) is 11.1 Å². The highest BCUT2D eigenvalue weighted by atomic mass is 32.2. The van der Waals surface area contributed by atoms with Crippen molar-refractivity contribution in [1.82, 2.24) is 0 Å². The third-order valence-corrected chi connectivity index (χ3v) is 4.85. The molecule has 1 aliphatic rings. The van der Waals surface area contributed by atoms with Gasteiger partial charge in [0.1, 0.15) is 7.85 Å². The first kappa shape index (κ1) is 10.6. The summed E-state index contributed by atoms with van der Waals surface area (Å²) in [5.74, 6) is 0. The second-order valence-corrected chi connectivity index (χ2v) is 6.15. The minimum Gasteiger partial charge on any atom is -0.218 e. The molecule has 2 aromatic rings. The maximum absolute atomic E-state index is 12.3. The van der Waals surface area contributed by atoms with E-state index in [0.717, 1.165) is 16.7 Å². The zero-order valence-electron chi connectivity index (χ0n) is 9.27. The van der Waals surface area contributed by atoms with Gasteiger partial charge in [-0.1, -0.05) is 29.7 Å². The van der Waals surface area contributed by atoms with Crippen LogP contribution in [0.25, 0.3) is 11.1 Å². The molecule has 17 heavy (non-hydrogen) atoms. The van der Waals surface area contributed by atoms with Crippen molar-refractivity contribution in [2.45, 2.75) is 16.7 Å². The van der Waals surface area contributed by atoms with Crippen LogP contribution in [0.3, 0.4) is 0 Å². The van der Waals surface area contributed by atoms with Crippen LogP contribution in [0.15, 0.2) is 46.2 Å². The largest absolute Gasteiger partial charge is 0.218 e. The van der Waals surface area contributed by atoms with E-state index in [2.05, 4.69) is 0 Å². The fourth-order valence-corrected chi connectivity index (χ4v) is 3.98. The van der Waals surface area contributed by atoms with Crippen LogP contribution < -0.4 is 5.46 Å². The van der Waals surface area contributed by atoms with Crippen LogP contribution in [0.4, 0.5) is 0 Å². The zero-order chi connectivity index (χ0) is 12.2. The first-order valence-corrected chi connectivity index (χ1v) is 6.74. The van der Waals surface area contributed by atoms with E-state index in [0.29, 0.717) is 15.3 Å². The Bertz CT molecular complexity index is 676. The molecule has 0 atom stereocenters. The number of benzene rings is 2. The molecule has 2 nitrogen and oxygen atoms in total. The van der Waals surface area contributed by atoms with Crippen LogP contribution in [-0.2, 0) is 9.84 Å². The predicted molar refractivity (Wildman–Crippen MR) is 67.5 cm³/mol. The van der Waals surface area contributed by atoms with Gasteiger partial charge in [0.25, 0.3) is 0 Å². The molecule has 4 heteroatoms. The summed E-state index contributed by atoms with van der Waals surface area (Å²) in [5, 5.41) is 0. The standard InChI is InChI=1S/C13H9BO2S/c1-8-2-4-10-11-5-3-9(14)7-13(11)17(15,16)12(10)6-8/h2-7H,1H3. The first-order valence-electron chi connectivity index (χ1n) is 5.26. The molecule has 82 valence electrons. The van der Waals surface area contributed by atoms with Crippen LogP contribution in [0.1, 0.15) is 5.56 Å². The summed E-state index contributed by atoms with van der Waals surface area (Å²) >= 11 is 0. The Morgan fingerprint density at radius 3 is 2.24 bits per heavy atom. The third-order valence-electron chi connectivity index (χ3n) is 3.01.